The number of hydrogen-bond donors (Lipinski definition) is 2. The smallest absolute Gasteiger partial charge is 0.416 e. The summed E-state index contributed by atoms with van der Waals surface area (Å²) in [6.07, 6.45) is -8.32. The zero-order chi connectivity index (χ0) is 26.9. The van der Waals surface area contributed by atoms with Crippen LogP contribution in [0.3, 0.4) is 0 Å². The highest BCUT2D eigenvalue weighted by Crippen LogP contribution is 2.30. The first-order chi connectivity index (χ1) is 16.8. The average molecular weight is 534 g/mol. The van der Waals surface area contributed by atoms with Gasteiger partial charge in [-0.3, -0.25) is 4.79 Å². The second kappa shape index (κ2) is 12.5. The van der Waals surface area contributed by atoms with Crippen LogP contribution in [0.4, 0.5) is 32.0 Å². The first kappa shape index (κ1) is 28.8. The Morgan fingerprint density at radius 2 is 1.36 bits per heavy atom. The van der Waals surface area contributed by atoms with E-state index in [1.54, 1.807) is 19.2 Å². The van der Waals surface area contributed by atoms with Crippen molar-refractivity contribution in [2.24, 2.45) is 0 Å². The summed E-state index contributed by atoms with van der Waals surface area (Å²) in [6, 6.07) is 14.6. The lowest BCUT2D eigenvalue weighted by atomic mass is 10.1. The van der Waals surface area contributed by atoms with Crippen LogP contribution >= 0.6 is 11.6 Å². The lowest BCUT2D eigenvalue weighted by Crippen LogP contribution is -2.07. The molecule has 4 nitrogen and oxygen atoms in total. The second-order valence-electron chi connectivity index (χ2n) is 7.49. The molecule has 0 aromatic heterocycles. The van der Waals surface area contributed by atoms with Crippen molar-refractivity contribution in [3.8, 4) is 5.75 Å². The second-order valence-corrected chi connectivity index (χ2v) is 7.89. The fraction of sp³-hybridized carbons (Fsp3) is 0.240. The fourth-order valence-corrected chi connectivity index (χ4v) is 3.23. The maximum Gasteiger partial charge on any atom is 0.416 e. The van der Waals surface area contributed by atoms with Crippen LogP contribution in [0.15, 0.2) is 66.7 Å². The van der Waals surface area contributed by atoms with Gasteiger partial charge in [0.2, 0.25) is 0 Å². The molecule has 0 aliphatic carbocycles. The topological polar surface area (TPSA) is 58.6 Å². The van der Waals surface area contributed by atoms with Crippen molar-refractivity contribution in [3.63, 3.8) is 0 Å². The van der Waals surface area contributed by atoms with Crippen LogP contribution in [0.25, 0.3) is 0 Å². The number of carbonyl (C=O) groups is 1. The minimum atomic E-state index is -4.37. The van der Waals surface area contributed by atoms with Crippen molar-refractivity contribution in [3.05, 3.63) is 94.0 Å². The average Bonchev–Trinajstić information content (AvgIpc) is 2.79. The minimum absolute atomic E-state index is 0.266. The highest BCUT2D eigenvalue weighted by Gasteiger charge is 2.30. The van der Waals surface area contributed by atoms with Crippen molar-refractivity contribution >= 4 is 23.3 Å². The Balaban J connectivity index is 0.000000281. The van der Waals surface area contributed by atoms with Gasteiger partial charge in [0.05, 0.1) is 29.7 Å². The van der Waals surface area contributed by atoms with Crippen LogP contribution in [0.2, 0.25) is 5.02 Å². The number of nitrogens with one attached hydrogen (secondary N) is 1. The molecule has 0 saturated heterocycles. The molecule has 3 aromatic carbocycles. The zero-order valence-corrected chi connectivity index (χ0v) is 19.6. The molecule has 0 unspecified atom stereocenters. The summed E-state index contributed by atoms with van der Waals surface area (Å²) >= 11 is 6.01. The number of methoxy groups -OCH3 is 1. The molecule has 0 atom stereocenters. The summed E-state index contributed by atoms with van der Waals surface area (Å²) in [7, 11) is 1.54. The van der Waals surface area contributed by atoms with Gasteiger partial charge in [0.1, 0.15) is 5.75 Å². The Morgan fingerprint density at radius 3 is 1.78 bits per heavy atom. The van der Waals surface area contributed by atoms with Gasteiger partial charge < -0.3 is 15.2 Å². The lowest BCUT2D eigenvalue weighted by molar-refractivity contribution is -0.138. The highest BCUT2D eigenvalue weighted by molar-refractivity contribution is 6.32. The van der Waals surface area contributed by atoms with E-state index in [1.165, 1.54) is 12.1 Å². The molecule has 0 saturated carbocycles. The van der Waals surface area contributed by atoms with Crippen molar-refractivity contribution < 1.29 is 41.0 Å². The van der Waals surface area contributed by atoms with E-state index >= 15 is 0 Å². The largest absolute Gasteiger partial charge is 0.495 e. The molecule has 3 aromatic rings. The fourth-order valence-electron chi connectivity index (χ4n) is 2.97. The van der Waals surface area contributed by atoms with Crippen LogP contribution in [-0.2, 0) is 30.0 Å². The van der Waals surface area contributed by atoms with Crippen LogP contribution in [0, 0.1) is 0 Å². The Morgan fingerprint density at radius 1 is 0.861 bits per heavy atom. The number of alkyl halides is 6. The van der Waals surface area contributed by atoms with Crippen molar-refractivity contribution in [1.82, 2.24) is 0 Å². The van der Waals surface area contributed by atoms with E-state index in [4.69, 9.17) is 21.4 Å². The van der Waals surface area contributed by atoms with Gasteiger partial charge in [-0.1, -0.05) is 35.9 Å². The molecule has 0 amide bonds. The summed E-state index contributed by atoms with van der Waals surface area (Å²) in [5.74, 6) is -0.472. The van der Waals surface area contributed by atoms with Gasteiger partial charge in [-0.2, -0.15) is 26.3 Å². The summed E-state index contributed by atoms with van der Waals surface area (Å²) in [5.41, 5.74) is 0.612. The Hall–Kier alpha value is -3.40. The number of benzene rings is 3. The van der Waals surface area contributed by atoms with Crippen molar-refractivity contribution in [2.75, 3.05) is 19.0 Å². The van der Waals surface area contributed by atoms with E-state index in [1.807, 2.05) is 6.07 Å². The molecule has 0 bridgehead atoms. The maximum atomic E-state index is 12.5. The third-order valence-corrected chi connectivity index (χ3v) is 5.11. The van der Waals surface area contributed by atoms with Crippen LogP contribution in [0.5, 0.6) is 5.75 Å². The highest BCUT2D eigenvalue weighted by atomic mass is 35.5. The lowest BCUT2D eigenvalue weighted by Gasteiger charge is -2.10. The van der Waals surface area contributed by atoms with Crippen LogP contribution in [-0.4, -0.2) is 24.7 Å². The van der Waals surface area contributed by atoms with Gasteiger partial charge >= 0.3 is 18.3 Å². The number of ether oxygens (including phenoxy) is 1. The number of anilines is 1. The predicted molar refractivity (Wildman–Crippen MR) is 124 cm³/mol. The third kappa shape index (κ3) is 9.33. The summed E-state index contributed by atoms with van der Waals surface area (Å²) in [6.45, 7) is 0.591. The molecule has 11 heteroatoms. The molecule has 2 N–H and O–H groups in total. The summed E-state index contributed by atoms with van der Waals surface area (Å²) in [4.78, 5) is 10.2. The Kier molecular flexibility index (Phi) is 10.0. The molecule has 0 radical (unpaired) electrons. The summed E-state index contributed by atoms with van der Waals surface area (Å²) in [5, 5.41) is 12.0. The van der Waals surface area contributed by atoms with Gasteiger partial charge in [-0.05, 0) is 60.0 Å². The molecular formula is C25H22ClF6NO3. The number of carboxylic acids is 1. The van der Waals surface area contributed by atoms with Gasteiger partial charge in [0, 0.05) is 12.2 Å². The predicted octanol–water partition coefficient (Wildman–Crippen LogP) is 7.35. The number of carboxylic acid groups (broad SMARTS) is 1. The van der Waals surface area contributed by atoms with E-state index in [2.05, 4.69) is 5.32 Å². The number of rotatable bonds is 7. The summed E-state index contributed by atoms with van der Waals surface area (Å²) < 4.78 is 78.6. The van der Waals surface area contributed by atoms with Crippen molar-refractivity contribution in [1.29, 1.82) is 0 Å². The molecule has 194 valence electrons. The van der Waals surface area contributed by atoms with E-state index in [0.717, 1.165) is 47.6 Å². The zero-order valence-electron chi connectivity index (χ0n) is 18.9. The number of halogens is 7. The standard InChI is InChI=1S/C16H15ClF3NO.C9H7F3O2/c1-22-15-7-6-13(10-14(15)17)21-9-8-11-2-4-12(5-3-11)16(18,19)20;10-9(11,12)7-3-1-6(2-4-7)5-8(13)14/h2-7,10,21H,8-9H2,1H3;1-4H,5H2,(H,13,14). The van der Waals surface area contributed by atoms with Gasteiger partial charge in [0.15, 0.2) is 0 Å². The van der Waals surface area contributed by atoms with Crippen LogP contribution in [0.1, 0.15) is 22.3 Å². The van der Waals surface area contributed by atoms with Gasteiger partial charge in [-0.25, -0.2) is 0 Å². The van der Waals surface area contributed by atoms with E-state index in [9.17, 15) is 31.1 Å². The van der Waals surface area contributed by atoms with Gasteiger partial charge in [0.25, 0.3) is 0 Å². The number of aliphatic carboxylic acids is 1. The molecule has 0 aliphatic heterocycles. The normalized spacial score (nSPS) is 11.3. The molecule has 3 rings (SSSR count). The van der Waals surface area contributed by atoms with E-state index in [-0.39, 0.29) is 6.42 Å². The Bertz CT molecular complexity index is 1130. The molecular weight excluding hydrogens is 512 g/mol. The quantitative estimate of drug-likeness (QED) is 0.312. The SMILES string of the molecule is COc1ccc(NCCc2ccc(C(F)(F)F)cc2)cc1Cl.O=C(O)Cc1ccc(C(F)(F)F)cc1. The minimum Gasteiger partial charge on any atom is -0.495 e. The molecule has 0 heterocycles. The molecule has 0 fully saturated rings. The van der Waals surface area contributed by atoms with Gasteiger partial charge in [-0.15, -0.1) is 0 Å². The number of hydrogen-bond acceptors (Lipinski definition) is 3. The first-order valence-corrected chi connectivity index (χ1v) is 10.8. The first-order valence-electron chi connectivity index (χ1n) is 10.4. The van der Waals surface area contributed by atoms with E-state index < -0.39 is 29.4 Å². The third-order valence-electron chi connectivity index (χ3n) is 4.81. The van der Waals surface area contributed by atoms with Crippen molar-refractivity contribution in [2.45, 2.75) is 25.2 Å². The molecule has 0 aliphatic rings. The Labute approximate surface area is 208 Å². The molecule has 36 heavy (non-hydrogen) atoms. The van der Waals surface area contributed by atoms with Crippen LogP contribution < -0.4 is 10.1 Å². The maximum absolute atomic E-state index is 12.5. The monoisotopic (exact) mass is 533 g/mol. The molecule has 0 spiro atoms. The van der Waals surface area contributed by atoms with E-state index in [0.29, 0.717) is 29.3 Å².